The number of nitrogens with one attached hydrogen (secondary N) is 1. The van der Waals surface area contributed by atoms with Gasteiger partial charge in [-0.2, -0.15) is 0 Å². The maximum Gasteiger partial charge on any atom is 0.234 e. The van der Waals surface area contributed by atoms with E-state index in [2.05, 4.69) is 15.1 Å². The molecule has 1 aliphatic rings. The molecule has 150 valence electrons. The summed E-state index contributed by atoms with van der Waals surface area (Å²) in [5.41, 5.74) is 1.07. The maximum atomic E-state index is 12.3. The Labute approximate surface area is 166 Å². The zero-order chi connectivity index (χ0) is 20.0. The molecule has 0 aromatic heterocycles. The molecule has 2 rings (SSSR count). The van der Waals surface area contributed by atoms with Crippen LogP contribution >= 0.6 is 11.6 Å². The van der Waals surface area contributed by atoms with Gasteiger partial charge in [0.25, 0.3) is 0 Å². The Morgan fingerprint density at radius 2 is 1.81 bits per heavy atom. The van der Waals surface area contributed by atoms with Crippen LogP contribution in [-0.2, 0) is 16.1 Å². The molecule has 6 nitrogen and oxygen atoms in total. The average Bonchev–Trinajstić information content (AvgIpc) is 2.61. The molecular weight excluding hydrogens is 366 g/mol. The highest BCUT2D eigenvalue weighted by Crippen LogP contribution is 2.24. The van der Waals surface area contributed by atoms with Crippen LogP contribution in [0.2, 0.25) is 5.02 Å². The minimum atomic E-state index is -0.408. The molecule has 27 heavy (non-hydrogen) atoms. The topological polar surface area (TPSA) is 61.9 Å². The highest BCUT2D eigenvalue weighted by molar-refractivity contribution is 6.30. The summed E-state index contributed by atoms with van der Waals surface area (Å²) in [7, 11) is 1.66. The molecule has 0 bridgehead atoms. The Balaban J connectivity index is 1.82. The molecule has 7 heteroatoms. The minimum absolute atomic E-state index is 0.00126. The lowest BCUT2D eigenvalue weighted by Gasteiger charge is -2.34. The third kappa shape index (κ3) is 6.48. The van der Waals surface area contributed by atoms with Crippen LogP contribution in [0.5, 0.6) is 5.75 Å². The molecule has 1 N–H and O–H groups in total. The number of nitrogens with zero attached hydrogens (tertiary/aromatic N) is 2. The molecule has 0 spiro atoms. The van der Waals surface area contributed by atoms with Crippen molar-refractivity contribution in [2.24, 2.45) is 5.92 Å². The lowest BCUT2D eigenvalue weighted by atomic mass is 10.0. The number of methoxy groups -OCH3 is 1. The Hall–Kier alpha value is -1.63. The lowest BCUT2D eigenvalue weighted by Crippen LogP contribution is -2.51. The predicted octanol–water partition coefficient (Wildman–Crippen LogP) is 2.20. The van der Waals surface area contributed by atoms with Gasteiger partial charge in [-0.3, -0.25) is 19.4 Å². The van der Waals surface area contributed by atoms with Crippen molar-refractivity contribution in [1.82, 2.24) is 15.1 Å². The van der Waals surface area contributed by atoms with Crippen molar-refractivity contribution < 1.29 is 14.3 Å². The Morgan fingerprint density at radius 3 is 2.37 bits per heavy atom. The first-order valence-corrected chi connectivity index (χ1v) is 9.75. The summed E-state index contributed by atoms with van der Waals surface area (Å²) in [5.74, 6) is 0.841. The van der Waals surface area contributed by atoms with Crippen molar-refractivity contribution in [3.8, 4) is 5.75 Å². The fraction of sp³-hybridized carbons (Fsp3) is 0.600. The van der Waals surface area contributed by atoms with Gasteiger partial charge in [-0.25, -0.2) is 0 Å². The minimum Gasteiger partial charge on any atom is -0.496 e. The van der Waals surface area contributed by atoms with E-state index in [1.165, 1.54) is 6.92 Å². The van der Waals surface area contributed by atoms with Crippen molar-refractivity contribution in [1.29, 1.82) is 0 Å². The summed E-state index contributed by atoms with van der Waals surface area (Å²) >= 11 is 6.11. The molecule has 0 radical (unpaired) electrons. The van der Waals surface area contributed by atoms with Crippen molar-refractivity contribution >= 4 is 23.3 Å². The van der Waals surface area contributed by atoms with E-state index in [1.807, 2.05) is 32.0 Å². The van der Waals surface area contributed by atoms with E-state index >= 15 is 0 Å². The number of rotatable bonds is 8. The van der Waals surface area contributed by atoms with Crippen molar-refractivity contribution in [2.45, 2.75) is 33.4 Å². The van der Waals surface area contributed by atoms with E-state index in [0.29, 0.717) is 11.6 Å². The average molecular weight is 396 g/mol. The number of ketones is 1. The maximum absolute atomic E-state index is 12.3. The number of amides is 1. The normalized spacial score (nSPS) is 17.0. The zero-order valence-electron chi connectivity index (χ0n) is 16.6. The van der Waals surface area contributed by atoms with Gasteiger partial charge in [0.1, 0.15) is 5.75 Å². The zero-order valence-corrected chi connectivity index (χ0v) is 17.4. The molecular formula is C20H30ClN3O3. The molecule has 1 heterocycles. The highest BCUT2D eigenvalue weighted by Gasteiger charge is 2.24. The molecule has 1 atom stereocenters. The van der Waals surface area contributed by atoms with Crippen LogP contribution in [0.25, 0.3) is 0 Å². The molecule has 1 aromatic rings. The summed E-state index contributed by atoms with van der Waals surface area (Å²) in [5, 5.41) is 3.56. The smallest absolute Gasteiger partial charge is 0.234 e. The van der Waals surface area contributed by atoms with E-state index in [1.54, 1.807) is 7.11 Å². The molecule has 0 aliphatic carbocycles. The van der Waals surface area contributed by atoms with Crippen LogP contribution in [0.1, 0.15) is 26.3 Å². The summed E-state index contributed by atoms with van der Waals surface area (Å²) in [6.07, 6.45) is 0. The van der Waals surface area contributed by atoms with Crippen LogP contribution in [-0.4, -0.2) is 67.4 Å². The number of hydrogen-bond donors (Lipinski definition) is 1. The van der Waals surface area contributed by atoms with Gasteiger partial charge in [0.05, 0.1) is 19.7 Å². The highest BCUT2D eigenvalue weighted by atomic mass is 35.5. The molecule has 1 saturated heterocycles. The van der Waals surface area contributed by atoms with Crippen molar-refractivity contribution in [3.63, 3.8) is 0 Å². The lowest BCUT2D eigenvalue weighted by molar-refractivity contribution is -0.128. The molecule has 1 unspecified atom stereocenters. The monoisotopic (exact) mass is 395 g/mol. The molecule has 1 aromatic carbocycles. The van der Waals surface area contributed by atoms with Gasteiger partial charge in [0.2, 0.25) is 5.91 Å². The number of benzene rings is 1. The molecule has 0 saturated carbocycles. The van der Waals surface area contributed by atoms with Crippen molar-refractivity contribution in [3.05, 3.63) is 28.8 Å². The Morgan fingerprint density at radius 1 is 1.19 bits per heavy atom. The Bertz CT molecular complexity index is 658. The molecule has 1 amide bonds. The van der Waals surface area contributed by atoms with Crippen LogP contribution in [0.4, 0.5) is 0 Å². The number of Topliss-reactive ketones (excluding diaryl/α,β-unsaturated/α-hetero) is 1. The van der Waals surface area contributed by atoms with Gasteiger partial charge >= 0.3 is 0 Å². The third-order valence-electron chi connectivity index (χ3n) is 4.89. The molecule has 1 aliphatic heterocycles. The van der Waals surface area contributed by atoms with E-state index in [9.17, 15) is 9.59 Å². The standard InChI is InChI=1S/C20H30ClN3O3/c1-14(2)20(15(3)25)22-19(26)13-24-9-7-23(8-10-24)12-16-11-17(21)5-6-18(16)27-4/h5-6,11,14,20H,7-10,12-13H2,1-4H3,(H,22,26). The molecule has 1 fully saturated rings. The van der Waals surface area contributed by atoms with Gasteiger partial charge in [-0.05, 0) is 31.0 Å². The van der Waals surface area contributed by atoms with Crippen LogP contribution in [0.15, 0.2) is 18.2 Å². The van der Waals surface area contributed by atoms with Crippen LogP contribution in [0, 0.1) is 5.92 Å². The first kappa shape index (κ1) is 21.7. The summed E-state index contributed by atoms with van der Waals surface area (Å²) in [6.45, 7) is 9.84. The number of carbonyl (C=O) groups is 2. The van der Waals surface area contributed by atoms with E-state index in [4.69, 9.17) is 16.3 Å². The second-order valence-electron chi connectivity index (χ2n) is 7.41. The van der Waals surface area contributed by atoms with E-state index in [0.717, 1.165) is 44.0 Å². The predicted molar refractivity (Wildman–Crippen MR) is 107 cm³/mol. The van der Waals surface area contributed by atoms with E-state index in [-0.39, 0.29) is 17.6 Å². The van der Waals surface area contributed by atoms with Crippen LogP contribution in [0.3, 0.4) is 0 Å². The summed E-state index contributed by atoms with van der Waals surface area (Å²) in [4.78, 5) is 28.4. The summed E-state index contributed by atoms with van der Waals surface area (Å²) < 4.78 is 5.41. The number of hydrogen-bond acceptors (Lipinski definition) is 5. The fourth-order valence-electron chi connectivity index (χ4n) is 3.38. The number of carbonyl (C=O) groups excluding carboxylic acids is 2. The van der Waals surface area contributed by atoms with Gasteiger partial charge in [-0.1, -0.05) is 25.4 Å². The first-order chi connectivity index (χ1) is 12.8. The van der Waals surface area contributed by atoms with Crippen molar-refractivity contribution in [2.75, 3.05) is 39.8 Å². The number of piperazine rings is 1. The summed E-state index contributed by atoms with van der Waals surface area (Å²) in [6, 6.07) is 5.24. The van der Waals surface area contributed by atoms with Gasteiger partial charge in [-0.15, -0.1) is 0 Å². The van der Waals surface area contributed by atoms with E-state index < -0.39 is 6.04 Å². The second-order valence-corrected chi connectivity index (χ2v) is 7.84. The van der Waals surface area contributed by atoms with Gasteiger partial charge in [0, 0.05) is 43.3 Å². The SMILES string of the molecule is COc1ccc(Cl)cc1CN1CCN(CC(=O)NC(C(C)=O)C(C)C)CC1. The second kappa shape index (κ2) is 10.1. The quantitative estimate of drug-likeness (QED) is 0.731. The van der Waals surface area contributed by atoms with Gasteiger partial charge in [0.15, 0.2) is 5.78 Å². The van der Waals surface area contributed by atoms with Gasteiger partial charge < -0.3 is 10.1 Å². The fourth-order valence-corrected chi connectivity index (χ4v) is 3.57. The number of ether oxygens (including phenoxy) is 1. The third-order valence-corrected chi connectivity index (χ3v) is 5.12. The van der Waals surface area contributed by atoms with Crippen LogP contribution < -0.4 is 10.1 Å². The largest absolute Gasteiger partial charge is 0.496 e. The Kier molecular flexibility index (Phi) is 8.07. The first-order valence-electron chi connectivity index (χ1n) is 9.37. The number of halogens is 1.